The Morgan fingerprint density at radius 1 is 0.957 bits per heavy atom. The predicted octanol–water partition coefficient (Wildman–Crippen LogP) is 4.74. The summed E-state index contributed by atoms with van der Waals surface area (Å²) < 4.78 is 18.0. The Morgan fingerprint density at radius 2 is 1.70 bits per heavy atom. The molecule has 0 heterocycles. The molecule has 0 aliphatic carbocycles. The first-order valence-electron chi connectivity index (χ1n) is 7.29. The van der Waals surface area contributed by atoms with Crippen LogP contribution in [0, 0.1) is 5.82 Å². The Kier molecular flexibility index (Phi) is 4.48. The normalized spacial score (nSPS) is 11.0. The number of fused-ring (bicyclic) bond motifs is 1. The molecule has 0 saturated carbocycles. The Balaban J connectivity index is 1.67. The molecule has 23 heavy (non-hydrogen) atoms. The summed E-state index contributed by atoms with van der Waals surface area (Å²) >= 11 is 0. The second-order valence-electron chi connectivity index (χ2n) is 5.14. The molecule has 0 N–H and O–H groups in total. The van der Waals surface area contributed by atoms with Crippen molar-refractivity contribution in [3.8, 4) is 0 Å². The molecule has 3 heteroatoms. The molecule has 0 aliphatic heterocycles. The number of hydrogen-bond acceptors (Lipinski definition) is 2. The van der Waals surface area contributed by atoms with Gasteiger partial charge in [-0.25, -0.2) is 9.18 Å². The van der Waals surface area contributed by atoms with Gasteiger partial charge in [-0.1, -0.05) is 54.6 Å². The standard InChI is InChI=1S/C20H15FO2/c21-18-11-8-15(9-12-18)14-23-20(22)13-10-17-6-3-5-16-4-1-2-7-19(16)17/h1-13H,14H2/b13-10+. The van der Waals surface area contributed by atoms with Crippen LogP contribution in [0.15, 0.2) is 72.8 Å². The van der Waals surface area contributed by atoms with E-state index in [1.54, 1.807) is 18.2 Å². The van der Waals surface area contributed by atoms with Crippen molar-refractivity contribution < 1.29 is 13.9 Å². The van der Waals surface area contributed by atoms with E-state index >= 15 is 0 Å². The molecule has 0 amide bonds. The third kappa shape index (κ3) is 3.83. The number of rotatable bonds is 4. The number of benzene rings is 3. The minimum absolute atomic E-state index is 0.124. The first kappa shape index (κ1) is 15.0. The van der Waals surface area contributed by atoms with E-state index < -0.39 is 5.97 Å². The summed E-state index contributed by atoms with van der Waals surface area (Å²) in [4.78, 5) is 11.8. The van der Waals surface area contributed by atoms with E-state index in [0.717, 1.165) is 21.9 Å². The molecule has 3 aromatic rings. The van der Waals surface area contributed by atoms with Crippen LogP contribution < -0.4 is 0 Å². The summed E-state index contributed by atoms with van der Waals surface area (Å²) in [6.07, 6.45) is 3.15. The lowest BCUT2D eigenvalue weighted by Gasteiger charge is -2.03. The third-order valence-corrected chi connectivity index (χ3v) is 3.52. The van der Waals surface area contributed by atoms with Crippen molar-refractivity contribution in [3.05, 3.63) is 89.8 Å². The molecule has 0 fully saturated rings. The summed E-state index contributed by atoms with van der Waals surface area (Å²) in [5, 5.41) is 2.20. The summed E-state index contributed by atoms with van der Waals surface area (Å²) in [5.41, 5.74) is 1.71. The van der Waals surface area contributed by atoms with Crippen LogP contribution in [-0.4, -0.2) is 5.97 Å². The smallest absolute Gasteiger partial charge is 0.331 e. The molecule has 0 radical (unpaired) electrons. The minimum Gasteiger partial charge on any atom is -0.458 e. The van der Waals surface area contributed by atoms with Gasteiger partial charge in [0.1, 0.15) is 12.4 Å². The van der Waals surface area contributed by atoms with Crippen LogP contribution in [0.25, 0.3) is 16.8 Å². The Bertz CT molecular complexity index is 846. The molecule has 0 unspecified atom stereocenters. The van der Waals surface area contributed by atoms with Crippen LogP contribution in [0.4, 0.5) is 4.39 Å². The average Bonchev–Trinajstić information content (AvgIpc) is 2.59. The van der Waals surface area contributed by atoms with Crippen molar-refractivity contribution in [2.24, 2.45) is 0 Å². The van der Waals surface area contributed by atoms with E-state index in [9.17, 15) is 9.18 Å². The van der Waals surface area contributed by atoms with Crippen molar-refractivity contribution in [3.63, 3.8) is 0 Å². The zero-order chi connectivity index (χ0) is 16.1. The summed E-state index contributed by atoms with van der Waals surface area (Å²) in [6, 6.07) is 19.8. The van der Waals surface area contributed by atoms with E-state index in [0.29, 0.717) is 0 Å². The van der Waals surface area contributed by atoms with Crippen molar-refractivity contribution in [1.29, 1.82) is 0 Å². The van der Waals surface area contributed by atoms with Crippen LogP contribution in [0.5, 0.6) is 0 Å². The molecular weight excluding hydrogens is 291 g/mol. The molecule has 3 aromatic carbocycles. The van der Waals surface area contributed by atoms with Gasteiger partial charge < -0.3 is 4.74 Å². The number of hydrogen-bond donors (Lipinski definition) is 0. The predicted molar refractivity (Wildman–Crippen MR) is 89.2 cm³/mol. The molecule has 2 nitrogen and oxygen atoms in total. The fraction of sp³-hybridized carbons (Fsp3) is 0.0500. The van der Waals surface area contributed by atoms with Gasteiger partial charge in [0, 0.05) is 6.08 Å². The number of esters is 1. The second-order valence-corrected chi connectivity index (χ2v) is 5.14. The van der Waals surface area contributed by atoms with Gasteiger partial charge >= 0.3 is 5.97 Å². The third-order valence-electron chi connectivity index (χ3n) is 3.52. The van der Waals surface area contributed by atoms with Crippen molar-refractivity contribution in [2.75, 3.05) is 0 Å². The maximum atomic E-state index is 12.8. The summed E-state index contributed by atoms with van der Waals surface area (Å²) in [6.45, 7) is 0.124. The van der Waals surface area contributed by atoms with Crippen molar-refractivity contribution in [2.45, 2.75) is 6.61 Å². The van der Waals surface area contributed by atoms with E-state index in [-0.39, 0.29) is 12.4 Å². The van der Waals surface area contributed by atoms with Gasteiger partial charge in [0.2, 0.25) is 0 Å². The van der Waals surface area contributed by atoms with Crippen LogP contribution >= 0.6 is 0 Å². The van der Waals surface area contributed by atoms with Crippen molar-refractivity contribution >= 4 is 22.8 Å². The quantitative estimate of drug-likeness (QED) is 0.514. The summed E-state index contributed by atoms with van der Waals surface area (Å²) in [5.74, 6) is -0.738. The SMILES string of the molecule is O=C(/C=C/c1cccc2ccccc12)OCc1ccc(F)cc1. The lowest BCUT2D eigenvalue weighted by atomic mass is 10.0. The number of ether oxygens (including phenoxy) is 1. The molecule has 0 aliphatic rings. The van der Waals surface area contributed by atoms with Crippen LogP contribution in [0.3, 0.4) is 0 Å². The fourth-order valence-electron chi connectivity index (χ4n) is 2.34. The van der Waals surface area contributed by atoms with E-state index in [1.807, 2.05) is 42.5 Å². The number of carbonyl (C=O) groups is 1. The maximum absolute atomic E-state index is 12.8. The Hall–Kier alpha value is -2.94. The zero-order valence-corrected chi connectivity index (χ0v) is 12.4. The fourth-order valence-corrected chi connectivity index (χ4v) is 2.34. The lowest BCUT2D eigenvalue weighted by molar-refractivity contribution is -0.138. The Labute approximate surface area is 133 Å². The highest BCUT2D eigenvalue weighted by atomic mass is 19.1. The van der Waals surface area contributed by atoms with E-state index in [2.05, 4.69) is 0 Å². The molecule has 0 bridgehead atoms. The van der Waals surface area contributed by atoms with Gasteiger partial charge in [0.15, 0.2) is 0 Å². The van der Waals surface area contributed by atoms with E-state index in [4.69, 9.17) is 4.74 Å². The number of halogens is 1. The van der Waals surface area contributed by atoms with Crippen LogP contribution in [0.2, 0.25) is 0 Å². The molecule has 0 saturated heterocycles. The maximum Gasteiger partial charge on any atom is 0.331 e. The van der Waals surface area contributed by atoms with Gasteiger partial charge in [-0.05, 0) is 40.1 Å². The van der Waals surface area contributed by atoms with Gasteiger partial charge in [-0.15, -0.1) is 0 Å². The van der Waals surface area contributed by atoms with Gasteiger partial charge in [-0.2, -0.15) is 0 Å². The largest absolute Gasteiger partial charge is 0.458 e. The Morgan fingerprint density at radius 3 is 2.52 bits per heavy atom. The average molecular weight is 306 g/mol. The highest BCUT2D eigenvalue weighted by molar-refractivity contribution is 5.94. The topological polar surface area (TPSA) is 26.3 Å². The lowest BCUT2D eigenvalue weighted by Crippen LogP contribution is -2.00. The molecule has 0 aromatic heterocycles. The zero-order valence-electron chi connectivity index (χ0n) is 12.4. The first-order chi connectivity index (χ1) is 11.2. The summed E-state index contributed by atoms with van der Waals surface area (Å²) in [7, 11) is 0. The first-order valence-corrected chi connectivity index (χ1v) is 7.29. The number of carbonyl (C=O) groups excluding carboxylic acids is 1. The highest BCUT2D eigenvalue weighted by Crippen LogP contribution is 2.19. The molecule has 3 rings (SSSR count). The monoisotopic (exact) mass is 306 g/mol. The van der Waals surface area contributed by atoms with Gasteiger partial charge in [0.25, 0.3) is 0 Å². The molecule has 0 atom stereocenters. The van der Waals surface area contributed by atoms with Gasteiger partial charge in [-0.3, -0.25) is 0 Å². The minimum atomic E-state index is -0.428. The molecule has 114 valence electrons. The van der Waals surface area contributed by atoms with Crippen LogP contribution in [0.1, 0.15) is 11.1 Å². The molecular formula is C20H15FO2. The van der Waals surface area contributed by atoms with Gasteiger partial charge in [0.05, 0.1) is 0 Å². The highest BCUT2D eigenvalue weighted by Gasteiger charge is 2.01. The second kappa shape index (κ2) is 6.88. The molecule has 0 spiro atoms. The van der Waals surface area contributed by atoms with Crippen molar-refractivity contribution in [1.82, 2.24) is 0 Å². The van der Waals surface area contributed by atoms with Crippen LogP contribution in [-0.2, 0) is 16.1 Å². The van der Waals surface area contributed by atoms with E-state index in [1.165, 1.54) is 18.2 Å².